The van der Waals surface area contributed by atoms with Gasteiger partial charge in [-0.05, 0) is 56.0 Å². The fourth-order valence-electron chi connectivity index (χ4n) is 3.32. The number of methoxy groups -OCH3 is 1. The van der Waals surface area contributed by atoms with Crippen molar-refractivity contribution in [1.82, 2.24) is 10.2 Å². The third-order valence-electron chi connectivity index (χ3n) is 4.76. The van der Waals surface area contributed by atoms with Crippen molar-refractivity contribution >= 4 is 0 Å². The van der Waals surface area contributed by atoms with Crippen molar-refractivity contribution in [3.63, 3.8) is 0 Å². The molecule has 25 heavy (non-hydrogen) atoms. The Morgan fingerprint density at radius 2 is 2.00 bits per heavy atom. The second-order valence-electron chi connectivity index (χ2n) is 6.90. The van der Waals surface area contributed by atoms with Gasteiger partial charge in [-0.25, -0.2) is 0 Å². The number of nitrogens with one attached hydrogen (secondary N) is 1. The zero-order valence-corrected chi connectivity index (χ0v) is 14.4. The minimum Gasteiger partial charge on any atom is -0.493 e. The lowest BCUT2D eigenvalue weighted by atomic mass is 10.1. The first kappa shape index (κ1) is 18.3. The average Bonchev–Trinajstić information content (AvgIpc) is 3.32. The van der Waals surface area contributed by atoms with Crippen LogP contribution in [-0.4, -0.2) is 50.5 Å². The molecule has 0 amide bonds. The zero-order valence-electron chi connectivity index (χ0n) is 14.4. The molecule has 1 saturated carbocycles. The van der Waals surface area contributed by atoms with Gasteiger partial charge in [0.05, 0.1) is 7.11 Å². The first-order chi connectivity index (χ1) is 11.9. The zero-order chi connectivity index (χ0) is 17.9. The average molecular weight is 358 g/mol. The second-order valence-corrected chi connectivity index (χ2v) is 6.90. The van der Waals surface area contributed by atoms with Crippen molar-refractivity contribution in [2.45, 2.75) is 38.0 Å². The minimum absolute atomic E-state index is 0.111. The molecule has 4 nitrogen and oxygen atoms in total. The molecule has 140 valence electrons. The van der Waals surface area contributed by atoms with Gasteiger partial charge >= 0.3 is 6.18 Å². The monoisotopic (exact) mass is 358 g/mol. The van der Waals surface area contributed by atoms with Crippen molar-refractivity contribution in [2.75, 3.05) is 33.4 Å². The van der Waals surface area contributed by atoms with Crippen LogP contribution in [0.3, 0.4) is 0 Å². The van der Waals surface area contributed by atoms with Gasteiger partial charge in [0, 0.05) is 19.1 Å². The quantitative estimate of drug-likeness (QED) is 0.774. The Bertz CT molecular complexity index is 576. The van der Waals surface area contributed by atoms with Crippen molar-refractivity contribution in [3.8, 4) is 11.5 Å². The van der Waals surface area contributed by atoms with Crippen LogP contribution in [0.4, 0.5) is 13.2 Å². The summed E-state index contributed by atoms with van der Waals surface area (Å²) in [6.07, 6.45) is -0.427. The smallest absolute Gasteiger partial charge is 0.422 e. The highest BCUT2D eigenvalue weighted by molar-refractivity contribution is 5.43. The van der Waals surface area contributed by atoms with E-state index in [0.717, 1.165) is 18.2 Å². The summed E-state index contributed by atoms with van der Waals surface area (Å²) in [6, 6.07) is 5.86. The third kappa shape index (κ3) is 5.51. The Morgan fingerprint density at radius 3 is 2.68 bits per heavy atom. The van der Waals surface area contributed by atoms with Crippen LogP contribution < -0.4 is 14.8 Å². The molecule has 0 spiro atoms. The molecule has 3 rings (SSSR count). The summed E-state index contributed by atoms with van der Waals surface area (Å²) in [6.45, 7) is 2.68. The number of alkyl halides is 3. The minimum atomic E-state index is -4.36. The summed E-state index contributed by atoms with van der Waals surface area (Å²) in [4.78, 5) is 2.59. The van der Waals surface area contributed by atoms with E-state index in [4.69, 9.17) is 9.47 Å². The summed E-state index contributed by atoms with van der Waals surface area (Å²) >= 11 is 0. The van der Waals surface area contributed by atoms with Gasteiger partial charge in [0.15, 0.2) is 18.1 Å². The van der Waals surface area contributed by atoms with Crippen LogP contribution in [0.5, 0.6) is 11.5 Å². The van der Waals surface area contributed by atoms with Crippen LogP contribution in [-0.2, 0) is 6.54 Å². The summed E-state index contributed by atoms with van der Waals surface area (Å²) < 4.78 is 46.8. The lowest BCUT2D eigenvalue weighted by Gasteiger charge is -2.16. The number of benzene rings is 1. The van der Waals surface area contributed by atoms with Gasteiger partial charge in [-0.1, -0.05) is 6.07 Å². The number of likely N-dealkylation sites (tertiary alicyclic amines) is 1. The van der Waals surface area contributed by atoms with E-state index in [0.29, 0.717) is 18.2 Å². The molecule has 1 aliphatic heterocycles. The van der Waals surface area contributed by atoms with Crippen molar-refractivity contribution in [1.29, 1.82) is 0 Å². The molecule has 1 atom stereocenters. The lowest BCUT2D eigenvalue weighted by molar-refractivity contribution is -0.153. The highest BCUT2D eigenvalue weighted by Gasteiger charge is 2.34. The van der Waals surface area contributed by atoms with Gasteiger partial charge in [-0.15, -0.1) is 0 Å². The van der Waals surface area contributed by atoms with Crippen LogP contribution in [0.1, 0.15) is 24.8 Å². The molecule has 1 aromatic carbocycles. The van der Waals surface area contributed by atoms with Crippen LogP contribution in [0.2, 0.25) is 0 Å². The molecule has 1 N–H and O–H groups in total. The van der Waals surface area contributed by atoms with Crippen molar-refractivity contribution < 1.29 is 22.6 Å². The largest absolute Gasteiger partial charge is 0.493 e. The molecule has 0 aromatic heterocycles. The molecule has 1 aromatic rings. The molecule has 2 fully saturated rings. The van der Waals surface area contributed by atoms with Crippen LogP contribution >= 0.6 is 0 Å². The number of rotatable bonds is 8. The molecule has 0 radical (unpaired) electrons. The van der Waals surface area contributed by atoms with E-state index in [-0.39, 0.29) is 5.75 Å². The summed E-state index contributed by atoms with van der Waals surface area (Å²) in [7, 11) is 1.43. The summed E-state index contributed by atoms with van der Waals surface area (Å²) in [5, 5.41) is 3.45. The van der Waals surface area contributed by atoms with Crippen LogP contribution in [0.15, 0.2) is 18.2 Å². The molecule has 1 saturated heterocycles. The Labute approximate surface area is 146 Å². The number of hydrogen-bond acceptors (Lipinski definition) is 4. The van der Waals surface area contributed by atoms with Gasteiger partial charge in [0.1, 0.15) is 0 Å². The van der Waals surface area contributed by atoms with Crippen LogP contribution in [0.25, 0.3) is 0 Å². The van der Waals surface area contributed by atoms with Crippen molar-refractivity contribution in [2.24, 2.45) is 5.92 Å². The lowest BCUT2D eigenvalue weighted by Crippen LogP contribution is -2.27. The Hall–Kier alpha value is -1.47. The second kappa shape index (κ2) is 7.83. The molecule has 1 unspecified atom stereocenters. The summed E-state index contributed by atoms with van der Waals surface area (Å²) in [5.41, 5.74) is 0.966. The van der Waals surface area contributed by atoms with Gasteiger partial charge < -0.3 is 19.7 Å². The van der Waals surface area contributed by atoms with Gasteiger partial charge in [0.25, 0.3) is 0 Å². The normalized spacial score (nSPS) is 21.5. The van der Waals surface area contributed by atoms with Crippen molar-refractivity contribution in [3.05, 3.63) is 23.8 Å². The summed E-state index contributed by atoms with van der Waals surface area (Å²) in [5.74, 6) is 1.11. The predicted molar refractivity (Wildman–Crippen MR) is 89.0 cm³/mol. The first-order valence-corrected chi connectivity index (χ1v) is 8.76. The fraction of sp³-hybridized carbons (Fsp3) is 0.667. The number of halogens is 3. The van der Waals surface area contributed by atoms with Gasteiger partial charge in [-0.2, -0.15) is 13.2 Å². The molecule has 1 aliphatic carbocycles. The van der Waals surface area contributed by atoms with E-state index in [1.54, 1.807) is 12.1 Å². The number of ether oxygens (including phenoxy) is 2. The SMILES string of the molecule is COc1cc(CNCC2CCN(C3CC3)C2)ccc1OCC(F)(F)F. The van der Waals surface area contributed by atoms with E-state index in [1.165, 1.54) is 45.5 Å². The molecule has 1 heterocycles. The molecule has 7 heteroatoms. The molecular weight excluding hydrogens is 333 g/mol. The Kier molecular flexibility index (Phi) is 5.74. The Balaban J connectivity index is 1.45. The third-order valence-corrected chi connectivity index (χ3v) is 4.76. The van der Waals surface area contributed by atoms with E-state index in [2.05, 4.69) is 10.2 Å². The number of hydrogen-bond donors (Lipinski definition) is 1. The Morgan fingerprint density at radius 1 is 1.20 bits per heavy atom. The molecule has 2 aliphatic rings. The fourth-order valence-corrected chi connectivity index (χ4v) is 3.32. The maximum absolute atomic E-state index is 12.3. The van der Waals surface area contributed by atoms with Gasteiger partial charge in [0.2, 0.25) is 0 Å². The number of nitrogens with zero attached hydrogens (tertiary/aromatic N) is 1. The predicted octanol–water partition coefficient (Wildman–Crippen LogP) is 3.21. The van der Waals surface area contributed by atoms with Gasteiger partial charge in [-0.3, -0.25) is 0 Å². The highest BCUT2D eigenvalue weighted by Crippen LogP contribution is 2.32. The topological polar surface area (TPSA) is 33.7 Å². The molecule has 0 bridgehead atoms. The standard InChI is InChI=1S/C18H25F3N2O2/c1-24-17-8-13(2-5-16(17)25-12-18(19,20)21)9-22-10-14-6-7-23(11-14)15-3-4-15/h2,5,8,14-15,22H,3-4,6-7,9-12H2,1H3. The maximum atomic E-state index is 12.3. The van der Waals surface area contributed by atoms with Crippen LogP contribution in [0, 0.1) is 5.92 Å². The van der Waals surface area contributed by atoms with E-state index in [9.17, 15) is 13.2 Å². The van der Waals surface area contributed by atoms with E-state index >= 15 is 0 Å². The maximum Gasteiger partial charge on any atom is 0.422 e. The van der Waals surface area contributed by atoms with E-state index in [1.807, 2.05) is 0 Å². The first-order valence-electron chi connectivity index (χ1n) is 8.76. The highest BCUT2D eigenvalue weighted by atomic mass is 19.4. The van der Waals surface area contributed by atoms with E-state index < -0.39 is 12.8 Å². The molecular formula is C18H25F3N2O2.